The summed E-state index contributed by atoms with van der Waals surface area (Å²) in [6.45, 7) is 7.15. The second kappa shape index (κ2) is 10.9. The lowest BCUT2D eigenvalue weighted by molar-refractivity contribution is -0.127. The molecule has 1 heterocycles. The van der Waals surface area contributed by atoms with Gasteiger partial charge in [0.2, 0.25) is 5.91 Å². The molecule has 1 saturated heterocycles. The number of likely N-dealkylation sites (tertiary alicyclic amines) is 1. The van der Waals surface area contributed by atoms with Gasteiger partial charge in [-0.1, -0.05) is 62.7 Å². The van der Waals surface area contributed by atoms with Crippen molar-refractivity contribution >= 4 is 17.5 Å². The predicted octanol–water partition coefficient (Wildman–Crippen LogP) is 4.51. The molecule has 1 aliphatic heterocycles. The second-order valence-electron chi connectivity index (χ2n) is 8.54. The lowest BCUT2D eigenvalue weighted by Gasteiger charge is -2.26. The maximum atomic E-state index is 13.1. The van der Waals surface area contributed by atoms with Crippen LogP contribution < -0.4 is 10.6 Å². The fraction of sp³-hybridized carbons (Fsp3) is 0.440. The van der Waals surface area contributed by atoms with Crippen LogP contribution in [-0.2, 0) is 16.1 Å². The van der Waals surface area contributed by atoms with E-state index in [1.807, 2.05) is 62.4 Å². The molecule has 1 atom stereocenters. The third-order valence-corrected chi connectivity index (χ3v) is 5.34. The summed E-state index contributed by atoms with van der Waals surface area (Å²) in [5.74, 6) is -0.114. The first-order chi connectivity index (χ1) is 14.5. The molecule has 2 N–H and O–H groups in total. The van der Waals surface area contributed by atoms with Crippen LogP contribution >= 0.6 is 0 Å². The van der Waals surface area contributed by atoms with Crippen molar-refractivity contribution in [1.82, 2.24) is 10.2 Å². The molecule has 0 spiro atoms. The Labute approximate surface area is 179 Å². The normalized spacial score (nSPS) is 15.6. The van der Waals surface area contributed by atoms with E-state index in [0.717, 1.165) is 30.9 Å². The fourth-order valence-corrected chi connectivity index (χ4v) is 3.87. The number of piperidine rings is 1. The molecule has 1 fully saturated rings. The lowest BCUT2D eigenvalue weighted by atomic mass is 10.0. The predicted molar refractivity (Wildman–Crippen MR) is 121 cm³/mol. The van der Waals surface area contributed by atoms with Crippen molar-refractivity contribution < 1.29 is 9.59 Å². The quantitative estimate of drug-likeness (QED) is 0.677. The summed E-state index contributed by atoms with van der Waals surface area (Å²) in [5, 5.41) is 5.91. The van der Waals surface area contributed by atoms with Crippen LogP contribution in [0, 0.1) is 5.92 Å². The van der Waals surface area contributed by atoms with Crippen LogP contribution in [0.3, 0.4) is 0 Å². The van der Waals surface area contributed by atoms with Gasteiger partial charge in [-0.3, -0.25) is 14.5 Å². The van der Waals surface area contributed by atoms with Gasteiger partial charge >= 0.3 is 0 Å². The van der Waals surface area contributed by atoms with Gasteiger partial charge in [-0.25, -0.2) is 0 Å². The van der Waals surface area contributed by atoms with Gasteiger partial charge in [0.1, 0.15) is 6.04 Å². The molecule has 0 aliphatic carbocycles. The van der Waals surface area contributed by atoms with Crippen LogP contribution in [0.25, 0.3) is 0 Å². The molecule has 0 saturated carbocycles. The molecule has 2 aromatic carbocycles. The van der Waals surface area contributed by atoms with Crippen molar-refractivity contribution in [2.75, 3.05) is 18.4 Å². The number of anilines is 1. The van der Waals surface area contributed by atoms with Crippen LogP contribution in [0.15, 0.2) is 54.6 Å². The molecule has 5 nitrogen and oxygen atoms in total. The van der Waals surface area contributed by atoms with Crippen LogP contribution in [0.5, 0.6) is 0 Å². The first kappa shape index (κ1) is 22.0. The molecular formula is C25H33N3O2. The van der Waals surface area contributed by atoms with Gasteiger partial charge in [0.05, 0.1) is 0 Å². The van der Waals surface area contributed by atoms with E-state index >= 15 is 0 Å². The molecule has 0 aromatic heterocycles. The standard InChI is InChI=1S/C25H33N3O2/c1-19(2)16-23(29)27-24(21-11-5-3-6-12-21)25(30)26-22-13-9-10-20(17-22)18-28-14-7-4-8-15-28/h3,5-6,9-13,17,19,24H,4,7-8,14-16,18H2,1-2H3,(H,26,30)(H,27,29). The summed E-state index contributed by atoms with van der Waals surface area (Å²) in [6, 6.07) is 16.7. The van der Waals surface area contributed by atoms with Crippen LogP contribution in [0.2, 0.25) is 0 Å². The highest BCUT2D eigenvalue weighted by Gasteiger charge is 2.23. The van der Waals surface area contributed by atoms with Gasteiger partial charge in [0.15, 0.2) is 0 Å². The van der Waals surface area contributed by atoms with E-state index in [9.17, 15) is 9.59 Å². The van der Waals surface area contributed by atoms with Crippen molar-refractivity contribution in [2.45, 2.75) is 52.1 Å². The van der Waals surface area contributed by atoms with Crippen molar-refractivity contribution in [3.8, 4) is 0 Å². The van der Waals surface area contributed by atoms with Crippen molar-refractivity contribution in [3.05, 3.63) is 65.7 Å². The highest BCUT2D eigenvalue weighted by molar-refractivity contribution is 5.97. The summed E-state index contributed by atoms with van der Waals surface area (Å²) >= 11 is 0. The van der Waals surface area contributed by atoms with Crippen molar-refractivity contribution in [3.63, 3.8) is 0 Å². The number of amides is 2. The van der Waals surface area contributed by atoms with E-state index in [1.165, 1.54) is 24.8 Å². The Morgan fingerprint density at radius 1 is 0.967 bits per heavy atom. The van der Waals surface area contributed by atoms with E-state index in [-0.39, 0.29) is 17.7 Å². The zero-order chi connectivity index (χ0) is 21.3. The maximum Gasteiger partial charge on any atom is 0.251 e. The van der Waals surface area contributed by atoms with Gasteiger partial charge in [0, 0.05) is 18.7 Å². The number of hydrogen-bond donors (Lipinski definition) is 2. The smallest absolute Gasteiger partial charge is 0.251 e. The molecule has 1 unspecified atom stereocenters. The average Bonchev–Trinajstić information content (AvgIpc) is 2.73. The van der Waals surface area contributed by atoms with Crippen LogP contribution in [-0.4, -0.2) is 29.8 Å². The summed E-state index contributed by atoms with van der Waals surface area (Å²) < 4.78 is 0. The summed E-state index contributed by atoms with van der Waals surface area (Å²) in [7, 11) is 0. The van der Waals surface area contributed by atoms with E-state index < -0.39 is 6.04 Å². The minimum Gasteiger partial charge on any atom is -0.341 e. The molecule has 3 rings (SSSR count). The Morgan fingerprint density at radius 3 is 2.40 bits per heavy atom. The number of nitrogens with one attached hydrogen (secondary N) is 2. The minimum absolute atomic E-state index is 0.118. The Bertz CT molecular complexity index is 829. The van der Waals surface area contributed by atoms with Crippen LogP contribution in [0.4, 0.5) is 5.69 Å². The number of carbonyl (C=O) groups excluding carboxylic acids is 2. The molecule has 160 valence electrons. The number of rotatable bonds is 8. The average molecular weight is 408 g/mol. The fourth-order valence-electron chi connectivity index (χ4n) is 3.87. The summed E-state index contributed by atoms with van der Waals surface area (Å²) in [6.07, 6.45) is 4.22. The maximum absolute atomic E-state index is 13.1. The number of hydrogen-bond acceptors (Lipinski definition) is 3. The molecule has 2 aromatic rings. The van der Waals surface area contributed by atoms with E-state index in [2.05, 4.69) is 21.6 Å². The van der Waals surface area contributed by atoms with Gasteiger partial charge in [-0.05, 0) is 55.1 Å². The first-order valence-corrected chi connectivity index (χ1v) is 11.0. The Morgan fingerprint density at radius 2 is 1.70 bits per heavy atom. The summed E-state index contributed by atoms with van der Waals surface area (Å²) in [4.78, 5) is 27.9. The summed E-state index contributed by atoms with van der Waals surface area (Å²) in [5.41, 5.74) is 2.72. The zero-order valence-electron chi connectivity index (χ0n) is 18.1. The van der Waals surface area contributed by atoms with Gasteiger partial charge in [-0.15, -0.1) is 0 Å². The van der Waals surface area contributed by atoms with Gasteiger partial charge in [-0.2, -0.15) is 0 Å². The Hall–Kier alpha value is -2.66. The molecule has 2 amide bonds. The third kappa shape index (κ3) is 6.70. The number of carbonyl (C=O) groups is 2. The second-order valence-corrected chi connectivity index (χ2v) is 8.54. The van der Waals surface area contributed by atoms with Gasteiger partial charge < -0.3 is 10.6 Å². The topological polar surface area (TPSA) is 61.4 Å². The molecule has 1 aliphatic rings. The highest BCUT2D eigenvalue weighted by Crippen LogP contribution is 2.19. The highest BCUT2D eigenvalue weighted by atomic mass is 16.2. The molecule has 0 radical (unpaired) electrons. The number of benzene rings is 2. The number of nitrogens with zero attached hydrogens (tertiary/aromatic N) is 1. The third-order valence-electron chi connectivity index (χ3n) is 5.34. The molecule has 30 heavy (non-hydrogen) atoms. The van der Waals surface area contributed by atoms with E-state index in [1.54, 1.807) is 0 Å². The van der Waals surface area contributed by atoms with Crippen molar-refractivity contribution in [1.29, 1.82) is 0 Å². The van der Waals surface area contributed by atoms with Gasteiger partial charge in [0.25, 0.3) is 5.91 Å². The minimum atomic E-state index is -0.719. The van der Waals surface area contributed by atoms with E-state index in [4.69, 9.17) is 0 Å². The SMILES string of the molecule is CC(C)CC(=O)NC(C(=O)Nc1cccc(CN2CCCCC2)c1)c1ccccc1. The Balaban J connectivity index is 1.70. The Kier molecular flexibility index (Phi) is 8.03. The first-order valence-electron chi connectivity index (χ1n) is 11.0. The van der Waals surface area contributed by atoms with Crippen molar-refractivity contribution in [2.24, 2.45) is 5.92 Å². The zero-order valence-corrected chi connectivity index (χ0v) is 18.1. The van der Waals surface area contributed by atoms with Crippen LogP contribution in [0.1, 0.15) is 56.7 Å². The molecule has 0 bridgehead atoms. The molecular weight excluding hydrogens is 374 g/mol. The largest absolute Gasteiger partial charge is 0.341 e. The lowest BCUT2D eigenvalue weighted by Crippen LogP contribution is -2.37. The monoisotopic (exact) mass is 407 g/mol. The molecule has 5 heteroatoms. The van der Waals surface area contributed by atoms with E-state index in [0.29, 0.717) is 6.42 Å².